The monoisotopic (exact) mass is 318 g/mol. The lowest BCUT2D eigenvalue weighted by Crippen LogP contribution is -2.13. The second-order valence-corrected chi connectivity index (χ2v) is 4.95. The minimum absolute atomic E-state index is 0.405. The smallest absolute Gasteiger partial charge is 0.263 e. The van der Waals surface area contributed by atoms with Crippen molar-refractivity contribution in [3.63, 3.8) is 0 Å². The van der Waals surface area contributed by atoms with E-state index in [4.69, 9.17) is 0 Å². The number of nitrogens with zero attached hydrogens (tertiary/aromatic N) is 4. The van der Waals surface area contributed by atoms with Crippen LogP contribution < -0.4 is 5.01 Å². The van der Waals surface area contributed by atoms with Crippen molar-refractivity contribution in [3.8, 4) is 0 Å². The largest absolute Gasteiger partial charge is 0.416 e. The van der Waals surface area contributed by atoms with E-state index in [0.29, 0.717) is 30.2 Å². The number of benzene rings is 1. The number of pyridine rings is 1. The fourth-order valence-electron chi connectivity index (χ4n) is 2.16. The van der Waals surface area contributed by atoms with Crippen LogP contribution in [0.15, 0.2) is 58.8 Å². The van der Waals surface area contributed by atoms with Crippen LogP contribution in [0.1, 0.15) is 17.7 Å². The molecule has 0 aliphatic carbocycles. The third-order valence-electron chi connectivity index (χ3n) is 3.29. The molecular formula is C16H13F3N4. The molecule has 0 radical (unpaired) electrons. The topological polar surface area (TPSA) is 40.9 Å². The van der Waals surface area contributed by atoms with Crippen LogP contribution in [0.5, 0.6) is 0 Å². The number of hydrazone groups is 1. The van der Waals surface area contributed by atoms with Gasteiger partial charge in [0.1, 0.15) is 0 Å². The number of anilines is 1. The number of rotatable bonds is 2. The van der Waals surface area contributed by atoms with Gasteiger partial charge in [0.05, 0.1) is 23.2 Å². The zero-order chi connectivity index (χ0) is 16.3. The van der Waals surface area contributed by atoms with Crippen LogP contribution in [-0.4, -0.2) is 23.6 Å². The molecule has 23 heavy (non-hydrogen) atoms. The van der Waals surface area contributed by atoms with Crippen molar-refractivity contribution < 1.29 is 13.2 Å². The molecule has 0 unspecified atom stereocenters. The lowest BCUT2D eigenvalue weighted by Gasteiger charge is -2.15. The number of amidine groups is 1. The van der Waals surface area contributed by atoms with Gasteiger partial charge in [-0.05, 0) is 30.3 Å². The number of aromatic nitrogens is 1. The first-order valence-electron chi connectivity index (χ1n) is 7.00. The Morgan fingerprint density at radius 1 is 1.13 bits per heavy atom. The summed E-state index contributed by atoms with van der Waals surface area (Å²) in [6, 6.07) is 10.6. The van der Waals surface area contributed by atoms with Crippen LogP contribution in [0, 0.1) is 0 Å². The zero-order valence-corrected chi connectivity index (χ0v) is 12.0. The van der Waals surface area contributed by atoms with Gasteiger partial charge in [-0.1, -0.05) is 12.1 Å². The van der Waals surface area contributed by atoms with E-state index < -0.39 is 11.7 Å². The van der Waals surface area contributed by atoms with Gasteiger partial charge in [0, 0.05) is 19.2 Å². The Morgan fingerprint density at radius 2 is 2.00 bits per heavy atom. The Morgan fingerprint density at radius 3 is 2.74 bits per heavy atom. The molecule has 0 saturated heterocycles. The van der Waals surface area contributed by atoms with E-state index >= 15 is 0 Å². The van der Waals surface area contributed by atoms with Gasteiger partial charge in [0.15, 0.2) is 5.84 Å². The number of hydrogen-bond donors (Lipinski definition) is 0. The van der Waals surface area contributed by atoms with Crippen LogP contribution >= 0.6 is 0 Å². The van der Waals surface area contributed by atoms with Crippen LogP contribution in [-0.2, 0) is 6.18 Å². The van der Waals surface area contributed by atoms with E-state index in [1.54, 1.807) is 24.5 Å². The van der Waals surface area contributed by atoms with Crippen molar-refractivity contribution in [1.82, 2.24) is 4.98 Å². The molecule has 1 aliphatic heterocycles. The zero-order valence-electron chi connectivity index (χ0n) is 12.0. The molecule has 3 rings (SSSR count). The third kappa shape index (κ3) is 3.74. The molecule has 118 valence electrons. The predicted molar refractivity (Wildman–Crippen MR) is 82.7 cm³/mol. The highest BCUT2D eigenvalue weighted by Crippen LogP contribution is 2.32. The van der Waals surface area contributed by atoms with Crippen molar-refractivity contribution in [2.45, 2.75) is 12.6 Å². The van der Waals surface area contributed by atoms with Gasteiger partial charge in [0.2, 0.25) is 0 Å². The summed E-state index contributed by atoms with van der Waals surface area (Å²) < 4.78 is 38.3. The molecule has 0 spiro atoms. The SMILES string of the molecule is FC(F)(F)c1cccc(N2CCC(/N=C/c3ccccn3)=N2)c1. The standard InChI is InChI=1S/C16H13F3N4/c17-16(18,19)12-4-3-6-14(10-12)23-9-7-15(22-23)21-11-13-5-1-2-8-20-13/h1-6,8,10-11H,7,9H2/b21-11+. The lowest BCUT2D eigenvalue weighted by molar-refractivity contribution is -0.137. The number of aliphatic imine (C=N–C) groups is 1. The summed E-state index contributed by atoms with van der Waals surface area (Å²) in [5, 5.41) is 5.78. The van der Waals surface area contributed by atoms with Crippen molar-refractivity contribution in [2.24, 2.45) is 10.1 Å². The minimum Gasteiger partial charge on any atom is -0.263 e. The van der Waals surface area contributed by atoms with E-state index in [-0.39, 0.29) is 0 Å². The number of hydrogen-bond acceptors (Lipinski definition) is 4. The van der Waals surface area contributed by atoms with Crippen LogP contribution in [0.3, 0.4) is 0 Å². The summed E-state index contributed by atoms with van der Waals surface area (Å²) in [7, 11) is 0. The molecule has 0 amide bonds. The Kier molecular flexibility index (Phi) is 4.10. The molecule has 0 bridgehead atoms. The molecule has 4 nitrogen and oxygen atoms in total. The normalized spacial score (nSPS) is 15.3. The molecule has 7 heteroatoms. The van der Waals surface area contributed by atoms with Crippen LogP contribution in [0.2, 0.25) is 0 Å². The van der Waals surface area contributed by atoms with Gasteiger partial charge in [0.25, 0.3) is 0 Å². The van der Waals surface area contributed by atoms with Crippen molar-refractivity contribution in [1.29, 1.82) is 0 Å². The first kappa shape index (κ1) is 15.2. The van der Waals surface area contributed by atoms with Crippen LogP contribution in [0.4, 0.5) is 18.9 Å². The third-order valence-corrected chi connectivity index (χ3v) is 3.29. The number of alkyl halides is 3. The van der Waals surface area contributed by atoms with Crippen molar-refractivity contribution >= 4 is 17.7 Å². The van der Waals surface area contributed by atoms with Gasteiger partial charge >= 0.3 is 6.18 Å². The second kappa shape index (κ2) is 6.20. The van der Waals surface area contributed by atoms with Gasteiger partial charge in [-0.3, -0.25) is 9.99 Å². The fraction of sp³-hybridized carbons (Fsp3) is 0.188. The molecule has 2 aromatic rings. The first-order valence-corrected chi connectivity index (χ1v) is 7.00. The molecule has 1 aromatic carbocycles. The van der Waals surface area contributed by atoms with Gasteiger partial charge in [-0.15, -0.1) is 0 Å². The van der Waals surface area contributed by atoms with Gasteiger partial charge < -0.3 is 0 Å². The van der Waals surface area contributed by atoms with E-state index in [0.717, 1.165) is 12.1 Å². The Balaban J connectivity index is 1.76. The molecule has 0 fully saturated rings. The van der Waals surface area contributed by atoms with E-state index in [1.807, 2.05) is 12.1 Å². The molecule has 0 N–H and O–H groups in total. The van der Waals surface area contributed by atoms with Crippen molar-refractivity contribution in [3.05, 3.63) is 59.9 Å². The van der Waals surface area contributed by atoms with Crippen LogP contribution in [0.25, 0.3) is 0 Å². The lowest BCUT2D eigenvalue weighted by atomic mass is 10.2. The van der Waals surface area contributed by atoms with E-state index in [1.165, 1.54) is 11.1 Å². The predicted octanol–water partition coefficient (Wildman–Crippen LogP) is 3.74. The number of halogens is 3. The molecule has 0 saturated carbocycles. The minimum atomic E-state index is -4.36. The maximum atomic E-state index is 12.8. The average molecular weight is 318 g/mol. The summed E-state index contributed by atoms with van der Waals surface area (Å²) in [6.45, 7) is 0.496. The summed E-state index contributed by atoms with van der Waals surface area (Å²) in [5.74, 6) is 0.563. The molecule has 1 aromatic heterocycles. The summed E-state index contributed by atoms with van der Waals surface area (Å²) in [6.07, 6.45) is -0.541. The maximum absolute atomic E-state index is 12.8. The van der Waals surface area contributed by atoms with Crippen molar-refractivity contribution in [2.75, 3.05) is 11.6 Å². The molecular weight excluding hydrogens is 305 g/mol. The highest BCUT2D eigenvalue weighted by Gasteiger charge is 2.31. The van der Waals surface area contributed by atoms with Gasteiger partial charge in [-0.25, -0.2) is 4.99 Å². The quantitative estimate of drug-likeness (QED) is 0.791. The molecule has 1 aliphatic rings. The van der Waals surface area contributed by atoms with E-state index in [9.17, 15) is 13.2 Å². The Bertz CT molecular complexity index is 738. The van der Waals surface area contributed by atoms with E-state index in [2.05, 4.69) is 15.1 Å². The molecule has 2 heterocycles. The summed E-state index contributed by atoms with van der Waals surface area (Å²) >= 11 is 0. The molecule has 0 atom stereocenters. The second-order valence-electron chi connectivity index (χ2n) is 4.95. The summed E-state index contributed by atoms with van der Waals surface area (Å²) in [4.78, 5) is 8.35. The van der Waals surface area contributed by atoms with Gasteiger partial charge in [-0.2, -0.15) is 18.3 Å². The average Bonchev–Trinajstić information content (AvgIpc) is 3.02. The maximum Gasteiger partial charge on any atom is 0.416 e. The fourth-order valence-corrected chi connectivity index (χ4v) is 2.16. The first-order chi connectivity index (χ1) is 11.0. The summed E-state index contributed by atoms with van der Waals surface area (Å²) in [5.41, 5.74) is 0.422. The highest BCUT2D eigenvalue weighted by atomic mass is 19.4. The highest BCUT2D eigenvalue weighted by molar-refractivity contribution is 5.95. The Hall–Kier alpha value is -2.70. The Labute approximate surface area is 131 Å².